The molecule has 0 spiro atoms. The van der Waals surface area contributed by atoms with E-state index < -0.39 is 0 Å². The van der Waals surface area contributed by atoms with E-state index in [-0.39, 0.29) is 0 Å². The molecule has 0 bridgehead atoms. The summed E-state index contributed by atoms with van der Waals surface area (Å²) in [6.45, 7) is 0. The van der Waals surface area contributed by atoms with E-state index in [0.29, 0.717) is 28.9 Å². The quantitative estimate of drug-likeness (QED) is 0.183. The summed E-state index contributed by atoms with van der Waals surface area (Å²) in [5.74, 6) is 2.36. The van der Waals surface area contributed by atoms with Gasteiger partial charge in [0.2, 0.25) is 0 Å². The summed E-state index contributed by atoms with van der Waals surface area (Å²) < 4.78 is 2.27. The van der Waals surface area contributed by atoms with Gasteiger partial charge < -0.3 is 0 Å². The van der Waals surface area contributed by atoms with Crippen molar-refractivity contribution in [3.8, 4) is 51.5 Å². The molecule has 9 rings (SSSR count). The van der Waals surface area contributed by atoms with Gasteiger partial charge in [-0.1, -0.05) is 103 Å². The summed E-state index contributed by atoms with van der Waals surface area (Å²) in [6, 6.07) is 47.1. The van der Waals surface area contributed by atoms with Crippen LogP contribution in [0.2, 0.25) is 0 Å². The maximum Gasteiger partial charge on any atom is 0.182 e. The molecule has 47 heavy (non-hydrogen) atoms. The average molecular weight is 604 g/mol. The summed E-state index contributed by atoms with van der Waals surface area (Å²) in [5.41, 5.74) is 6.14. The van der Waals surface area contributed by atoms with E-state index in [0.717, 1.165) is 44.4 Å². The Balaban J connectivity index is 1.32. The third-order valence-corrected chi connectivity index (χ3v) is 8.35. The molecule has 0 saturated heterocycles. The summed E-state index contributed by atoms with van der Waals surface area (Å²) in [7, 11) is 0. The number of benzene rings is 5. The first-order valence-electron chi connectivity index (χ1n) is 15.4. The van der Waals surface area contributed by atoms with Gasteiger partial charge in [-0.2, -0.15) is 0 Å². The van der Waals surface area contributed by atoms with Crippen LogP contribution in [0.25, 0.3) is 84.1 Å². The van der Waals surface area contributed by atoms with Crippen molar-refractivity contribution in [3.05, 3.63) is 152 Å². The van der Waals surface area contributed by atoms with E-state index in [4.69, 9.17) is 19.9 Å². The number of aromatic nitrogens is 7. The molecule has 0 amide bonds. The fraction of sp³-hybridized carbons (Fsp3) is 0. The first kappa shape index (κ1) is 26.8. The van der Waals surface area contributed by atoms with Crippen LogP contribution in [0.4, 0.5) is 0 Å². The van der Waals surface area contributed by atoms with E-state index in [9.17, 15) is 0 Å². The second kappa shape index (κ2) is 11.1. The molecular weight excluding hydrogens is 578 g/mol. The van der Waals surface area contributed by atoms with E-state index in [1.165, 1.54) is 10.8 Å². The van der Waals surface area contributed by atoms with Crippen LogP contribution in [-0.2, 0) is 0 Å². The molecule has 5 aromatic carbocycles. The van der Waals surface area contributed by atoms with Gasteiger partial charge in [-0.3, -0.25) is 14.5 Å². The number of hydrogen-bond acceptors (Lipinski definition) is 6. The fourth-order valence-corrected chi connectivity index (χ4v) is 6.25. The highest BCUT2D eigenvalue weighted by Gasteiger charge is 2.21. The summed E-state index contributed by atoms with van der Waals surface area (Å²) >= 11 is 0. The van der Waals surface area contributed by atoms with Gasteiger partial charge >= 0.3 is 0 Å². The minimum atomic E-state index is 0.483. The number of fused-ring (bicyclic) bond motifs is 6. The lowest BCUT2D eigenvalue weighted by Crippen LogP contribution is -2.03. The molecule has 4 aromatic heterocycles. The first-order chi connectivity index (χ1) is 23.3. The maximum absolute atomic E-state index is 5.35. The van der Waals surface area contributed by atoms with Crippen molar-refractivity contribution in [1.82, 2.24) is 34.5 Å². The zero-order valence-electron chi connectivity index (χ0n) is 25.1. The topological polar surface area (TPSA) is 82.3 Å². The molecule has 7 nitrogen and oxygen atoms in total. The van der Waals surface area contributed by atoms with Crippen molar-refractivity contribution in [2.45, 2.75) is 0 Å². The predicted molar refractivity (Wildman–Crippen MR) is 187 cm³/mol. The number of nitrogens with zero attached hydrogens (tertiary/aromatic N) is 7. The number of hydrogen-bond donors (Lipinski definition) is 0. The zero-order chi connectivity index (χ0) is 31.2. The number of rotatable bonds is 5. The average Bonchev–Trinajstić information content (AvgIpc) is 3.57. The Bertz CT molecular complexity index is 2510. The Hall–Kier alpha value is -6.60. The van der Waals surface area contributed by atoms with Crippen molar-refractivity contribution >= 4 is 32.6 Å². The molecule has 220 valence electrons. The first-order valence-corrected chi connectivity index (χ1v) is 15.4. The lowest BCUT2D eigenvalue weighted by molar-refractivity contribution is 1.04. The molecule has 0 unspecified atom stereocenters. The van der Waals surface area contributed by atoms with Gasteiger partial charge in [0.25, 0.3) is 0 Å². The molecule has 0 N–H and O–H groups in total. The third kappa shape index (κ3) is 4.60. The summed E-state index contributed by atoms with van der Waals surface area (Å²) in [5, 5.41) is 4.62. The van der Waals surface area contributed by atoms with Gasteiger partial charge in [0.05, 0.1) is 11.0 Å². The van der Waals surface area contributed by atoms with E-state index in [2.05, 4.69) is 99.5 Å². The van der Waals surface area contributed by atoms with Gasteiger partial charge in [-0.25, -0.2) is 19.9 Å². The van der Waals surface area contributed by atoms with Crippen molar-refractivity contribution in [2.75, 3.05) is 0 Å². The minimum absolute atomic E-state index is 0.483. The largest absolute Gasteiger partial charge is 0.292 e. The molecular formula is C40H25N7. The van der Waals surface area contributed by atoms with Crippen molar-refractivity contribution in [1.29, 1.82) is 0 Å². The fourth-order valence-electron chi connectivity index (χ4n) is 6.25. The van der Waals surface area contributed by atoms with Crippen LogP contribution in [0, 0.1) is 0 Å². The van der Waals surface area contributed by atoms with Gasteiger partial charge in [-0.05, 0) is 47.2 Å². The highest BCUT2D eigenvalue weighted by molar-refractivity contribution is 6.24. The Kier molecular flexibility index (Phi) is 6.31. The monoisotopic (exact) mass is 603 g/mol. The summed E-state index contributed by atoms with van der Waals surface area (Å²) in [6.07, 6.45) is 3.48. The number of imidazole rings is 1. The molecule has 0 aliphatic heterocycles. The molecule has 0 fully saturated rings. The normalized spacial score (nSPS) is 11.4. The molecule has 0 radical (unpaired) electrons. The second-order valence-corrected chi connectivity index (χ2v) is 11.2. The Morgan fingerprint density at radius 1 is 0.404 bits per heavy atom. The SMILES string of the molecule is c1ccc(-c2nc3c4ccccc4c4ccccc4c3n2-c2cccc(-c3nc(-c4ccccn4)nc(-c4ccccn4)n3)c2)cc1. The van der Waals surface area contributed by atoms with Crippen LogP contribution in [-0.4, -0.2) is 34.5 Å². The highest BCUT2D eigenvalue weighted by atomic mass is 15.1. The van der Waals surface area contributed by atoms with Crippen LogP contribution in [0.5, 0.6) is 0 Å². The molecule has 7 heteroatoms. The lowest BCUT2D eigenvalue weighted by atomic mass is 10.00. The van der Waals surface area contributed by atoms with Gasteiger partial charge in [0.15, 0.2) is 17.5 Å². The Labute approximate surface area is 269 Å². The smallest absolute Gasteiger partial charge is 0.182 e. The van der Waals surface area contributed by atoms with Gasteiger partial charge in [0, 0.05) is 40.0 Å². The van der Waals surface area contributed by atoms with Gasteiger partial charge in [0.1, 0.15) is 17.2 Å². The van der Waals surface area contributed by atoms with Crippen LogP contribution < -0.4 is 0 Å². The molecule has 0 aliphatic carbocycles. The zero-order valence-corrected chi connectivity index (χ0v) is 25.1. The van der Waals surface area contributed by atoms with Gasteiger partial charge in [-0.15, -0.1) is 0 Å². The van der Waals surface area contributed by atoms with Crippen molar-refractivity contribution in [2.24, 2.45) is 0 Å². The standard InChI is InChI=1S/C40H25N7/c1-2-13-26(14-3-1)40-43-35-31-19-6-4-17-29(31)30-18-5-7-20-32(30)36(35)47(40)28-16-12-15-27(25-28)37-44-38(33-21-8-10-23-41-33)46-39(45-37)34-22-9-11-24-42-34/h1-25H. The minimum Gasteiger partial charge on any atom is -0.292 e. The molecule has 0 atom stereocenters. The molecule has 9 aromatic rings. The molecule has 0 saturated carbocycles. The van der Waals surface area contributed by atoms with E-state index >= 15 is 0 Å². The van der Waals surface area contributed by atoms with Crippen molar-refractivity contribution in [3.63, 3.8) is 0 Å². The predicted octanol–water partition coefficient (Wildman–Crippen LogP) is 8.97. The van der Waals surface area contributed by atoms with E-state index in [1.54, 1.807) is 12.4 Å². The van der Waals surface area contributed by atoms with Crippen LogP contribution >= 0.6 is 0 Å². The highest BCUT2D eigenvalue weighted by Crippen LogP contribution is 2.39. The van der Waals surface area contributed by atoms with Crippen LogP contribution in [0.15, 0.2) is 152 Å². The maximum atomic E-state index is 5.35. The second-order valence-electron chi connectivity index (χ2n) is 11.2. The summed E-state index contributed by atoms with van der Waals surface area (Å²) in [4.78, 5) is 29.0. The van der Waals surface area contributed by atoms with Crippen LogP contribution in [0.3, 0.4) is 0 Å². The number of pyridine rings is 2. The van der Waals surface area contributed by atoms with Crippen LogP contribution in [0.1, 0.15) is 0 Å². The molecule has 4 heterocycles. The molecule has 0 aliphatic rings. The van der Waals surface area contributed by atoms with Crippen molar-refractivity contribution < 1.29 is 0 Å². The third-order valence-electron chi connectivity index (χ3n) is 8.35. The lowest BCUT2D eigenvalue weighted by Gasteiger charge is -2.14. The Morgan fingerprint density at radius 3 is 1.62 bits per heavy atom. The Morgan fingerprint density at radius 2 is 0.957 bits per heavy atom. The van der Waals surface area contributed by atoms with E-state index in [1.807, 2.05) is 54.6 Å².